The predicted molar refractivity (Wildman–Crippen MR) is 66.9 cm³/mol. The Hall–Kier alpha value is -0.570. The summed E-state index contributed by atoms with van der Waals surface area (Å²) in [5.41, 5.74) is 5.74. The predicted octanol–water partition coefficient (Wildman–Crippen LogP) is 1.91. The van der Waals surface area contributed by atoms with Gasteiger partial charge < -0.3 is 11.1 Å². The molecule has 0 aromatic heterocycles. The molecule has 1 aliphatic carbocycles. The van der Waals surface area contributed by atoms with Crippen LogP contribution in [0.15, 0.2) is 0 Å². The van der Waals surface area contributed by atoms with Crippen molar-refractivity contribution in [3.05, 3.63) is 0 Å². The van der Waals surface area contributed by atoms with Crippen molar-refractivity contribution in [1.29, 1.82) is 0 Å². The fourth-order valence-corrected chi connectivity index (χ4v) is 2.33. The molecule has 0 aromatic carbocycles. The molecule has 1 aliphatic rings. The standard InChI is InChI=1S/C13H26N2O/c1-9(2)10(3)15-13(16)12-7-5-4-6-11(12)8-14/h9-12H,4-8,14H2,1-3H3,(H,15,16). The first kappa shape index (κ1) is 13.5. The van der Waals surface area contributed by atoms with Crippen LogP contribution in [0.25, 0.3) is 0 Å². The average Bonchev–Trinajstić information content (AvgIpc) is 2.28. The second-order valence-corrected chi connectivity index (χ2v) is 5.43. The molecule has 0 aliphatic heterocycles. The van der Waals surface area contributed by atoms with Gasteiger partial charge in [-0.05, 0) is 38.1 Å². The van der Waals surface area contributed by atoms with Gasteiger partial charge in [-0.25, -0.2) is 0 Å². The van der Waals surface area contributed by atoms with Crippen molar-refractivity contribution in [2.24, 2.45) is 23.5 Å². The Balaban J connectivity index is 2.50. The normalized spacial score (nSPS) is 27.8. The first-order chi connectivity index (χ1) is 7.56. The summed E-state index contributed by atoms with van der Waals surface area (Å²) in [5, 5.41) is 3.12. The summed E-state index contributed by atoms with van der Waals surface area (Å²) in [6.45, 7) is 6.98. The topological polar surface area (TPSA) is 55.1 Å². The van der Waals surface area contributed by atoms with Crippen molar-refractivity contribution in [2.45, 2.75) is 52.5 Å². The Morgan fingerprint density at radius 1 is 1.31 bits per heavy atom. The molecule has 3 N–H and O–H groups in total. The second-order valence-electron chi connectivity index (χ2n) is 5.43. The minimum atomic E-state index is 0.153. The van der Waals surface area contributed by atoms with Crippen molar-refractivity contribution < 1.29 is 4.79 Å². The summed E-state index contributed by atoms with van der Waals surface area (Å²) in [7, 11) is 0. The summed E-state index contributed by atoms with van der Waals surface area (Å²) >= 11 is 0. The number of carbonyl (C=O) groups excluding carboxylic acids is 1. The minimum absolute atomic E-state index is 0.153. The zero-order valence-electron chi connectivity index (χ0n) is 10.8. The number of nitrogens with one attached hydrogen (secondary N) is 1. The van der Waals surface area contributed by atoms with Gasteiger partial charge in [0.2, 0.25) is 5.91 Å². The van der Waals surface area contributed by atoms with E-state index in [2.05, 4.69) is 26.1 Å². The molecule has 16 heavy (non-hydrogen) atoms. The van der Waals surface area contributed by atoms with Gasteiger partial charge in [-0.1, -0.05) is 26.7 Å². The average molecular weight is 226 g/mol. The number of rotatable bonds is 4. The van der Waals surface area contributed by atoms with Crippen LogP contribution in [0.1, 0.15) is 46.5 Å². The van der Waals surface area contributed by atoms with Crippen molar-refractivity contribution in [2.75, 3.05) is 6.54 Å². The quantitative estimate of drug-likeness (QED) is 0.769. The Morgan fingerprint density at radius 3 is 2.50 bits per heavy atom. The van der Waals surface area contributed by atoms with Crippen LogP contribution >= 0.6 is 0 Å². The highest BCUT2D eigenvalue weighted by atomic mass is 16.1. The van der Waals surface area contributed by atoms with Crippen LogP contribution in [0.4, 0.5) is 0 Å². The first-order valence-electron chi connectivity index (χ1n) is 6.56. The van der Waals surface area contributed by atoms with E-state index in [1.165, 1.54) is 12.8 Å². The van der Waals surface area contributed by atoms with E-state index in [1.807, 2.05) is 0 Å². The zero-order chi connectivity index (χ0) is 12.1. The first-order valence-corrected chi connectivity index (χ1v) is 6.56. The smallest absolute Gasteiger partial charge is 0.223 e. The van der Waals surface area contributed by atoms with E-state index < -0.39 is 0 Å². The van der Waals surface area contributed by atoms with E-state index in [-0.39, 0.29) is 17.9 Å². The van der Waals surface area contributed by atoms with Crippen molar-refractivity contribution in [3.63, 3.8) is 0 Å². The van der Waals surface area contributed by atoms with Gasteiger partial charge >= 0.3 is 0 Å². The number of amides is 1. The number of hydrogen-bond acceptors (Lipinski definition) is 2. The summed E-state index contributed by atoms with van der Waals surface area (Å²) in [5.74, 6) is 1.26. The van der Waals surface area contributed by atoms with Gasteiger partial charge in [-0.2, -0.15) is 0 Å². The van der Waals surface area contributed by atoms with Gasteiger partial charge in [-0.15, -0.1) is 0 Å². The van der Waals surface area contributed by atoms with Gasteiger partial charge in [0.25, 0.3) is 0 Å². The Bertz CT molecular complexity index is 228. The molecular weight excluding hydrogens is 200 g/mol. The van der Waals surface area contributed by atoms with Crippen molar-refractivity contribution in [1.82, 2.24) is 5.32 Å². The molecule has 3 unspecified atom stereocenters. The van der Waals surface area contributed by atoms with Crippen molar-refractivity contribution >= 4 is 5.91 Å². The minimum Gasteiger partial charge on any atom is -0.353 e. The molecule has 1 amide bonds. The third-order valence-electron chi connectivity index (χ3n) is 3.92. The number of carbonyl (C=O) groups is 1. The zero-order valence-corrected chi connectivity index (χ0v) is 10.8. The van der Waals surface area contributed by atoms with Gasteiger partial charge in [-0.3, -0.25) is 4.79 Å². The monoisotopic (exact) mass is 226 g/mol. The van der Waals surface area contributed by atoms with Gasteiger partial charge in [0.05, 0.1) is 0 Å². The molecule has 0 heterocycles. The molecule has 0 radical (unpaired) electrons. The van der Waals surface area contributed by atoms with Crippen LogP contribution in [-0.4, -0.2) is 18.5 Å². The van der Waals surface area contributed by atoms with E-state index in [9.17, 15) is 4.79 Å². The molecular formula is C13H26N2O. The van der Waals surface area contributed by atoms with Crippen LogP contribution in [0, 0.1) is 17.8 Å². The largest absolute Gasteiger partial charge is 0.353 e. The second kappa shape index (κ2) is 6.24. The highest BCUT2D eigenvalue weighted by Crippen LogP contribution is 2.29. The maximum atomic E-state index is 12.1. The molecule has 3 heteroatoms. The highest BCUT2D eigenvalue weighted by molar-refractivity contribution is 5.79. The fourth-order valence-electron chi connectivity index (χ4n) is 2.33. The number of nitrogens with two attached hydrogens (primary N) is 1. The lowest BCUT2D eigenvalue weighted by Gasteiger charge is -2.31. The van der Waals surface area contributed by atoms with Crippen molar-refractivity contribution in [3.8, 4) is 0 Å². The van der Waals surface area contributed by atoms with Crippen LogP contribution in [-0.2, 0) is 4.79 Å². The van der Waals surface area contributed by atoms with Gasteiger partial charge in [0.15, 0.2) is 0 Å². The maximum absolute atomic E-state index is 12.1. The van der Waals surface area contributed by atoms with Crippen LogP contribution in [0.3, 0.4) is 0 Å². The van der Waals surface area contributed by atoms with E-state index >= 15 is 0 Å². The molecule has 3 nitrogen and oxygen atoms in total. The van der Waals surface area contributed by atoms with Crippen LogP contribution in [0.2, 0.25) is 0 Å². The lowest BCUT2D eigenvalue weighted by Crippen LogP contribution is -2.44. The maximum Gasteiger partial charge on any atom is 0.223 e. The summed E-state index contributed by atoms with van der Waals surface area (Å²) in [6, 6.07) is 0.257. The van der Waals surface area contributed by atoms with Gasteiger partial charge in [0, 0.05) is 12.0 Å². The fraction of sp³-hybridized carbons (Fsp3) is 0.923. The Labute approximate surface area is 99.2 Å². The van der Waals surface area contributed by atoms with E-state index in [0.29, 0.717) is 18.4 Å². The summed E-state index contributed by atoms with van der Waals surface area (Å²) < 4.78 is 0. The van der Waals surface area contributed by atoms with Crippen LogP contribution < -0.4 is 11.1 Å². The molecule has 0 aromatic rings. The SMILES string of the molecule is CC(C)C(C)NC(=O)C1CCCCC1CN. The Morgan fingerprint density at radius 2 is 1.94 bits per heavy atom. The van der Waals surface area contributed by atoms with E-state index in [1.54, 1.807) is 0 Å². The summed E-state index contributed by atoms with van der Waals surface area (Å²) in [4.78, 5) is 12.1. The van der Waals surface area contributed by atoms with Gasteiger partial charge in [0.1, 0.15) is 0 Å². The van der Waals surface area contributed by atoms with E-state index in [0.717, 1.165) is 12.8 Å². The molecule has 94 valence electrons. The highest BCUT2D eigenvalue weighted by Gasteiger charge is 2.30. The summed E-state index contributed by atoms with van der Waals surface area (Å²) in [6.07, 6.45) is 4.53. The third kappa shape index (κ3) is 3.48. The molecule has 1 fully saturated rings. The lowest BCUT2D eigenvalue weighted by molar-refractivity contribution is -0.128. The molecule has 0 bridgehead atoms. The third-order valence-corrected chi connectivity index (χ3v) is 3.92. The Kier molecular flexibility index (Phi) is 5.26. The molecule has 0 saturated heterocycles. The molecule has 3 atom stereocenters. The number of hydrogen-bond donors (Lipinski definition) is 2. The molecule has 0 spiro atoms. The molecule has 1 saturated carbocycles. The molecule has 1 rings (SSSR count). The lowest BCUT2D eigenvalue weighted by atomic mass is 9.78. The van der Waals surface area contributed by atoms with Crippen LogP contribution in [0.5, 0.6) is 0 Å². The van der Waals surface area contributed by atoms with E-state index in [4.69, 9.17) is 5.73 Å².